The van der Waals surface area contributed by atoms with Gasteiger partial charge in [0.2, 0.25) is 5.91 Å². The maximum atomic E-state index is 13.6. The number of carbonyl (C=O) groups is 3. The lowest BCUT2D eigenvalue weighted by molar-refractivity contribution is -0.184. The second-order valence-electron chi connectivity index (χ2n) is 9.00. The molecule has 8 heteroatoms. The van der Waals surface area contributed by atoms with Gasteiger partial charge in [-0.25, -0.2) is 4.79 Å². The van der Waals surface area contributed by atoms with Gasteiger partial charge in [0.15, 0.2) is 0 Å². The molecule has 1 N–H and O–H groups in total. The molecule has 1 saturated carbocycles. The zero-order valence-electron chi connectivity index (χ0n) is 17.1. The van der Waals surface area contributed by atoms with Gasteiger partial charge in [0.05, 0.1) is 31.4 Å². The summed E-state index contributed by atoms with van der Waals surface area (Å²) >= 11 is 0. The first kappa shape index (κ1) is 19.7. The number of hydrogen-bond donors (Lipinski definition) is 1. The van der Waals surface area contributed by atoms with Gasteiger partial charge in [0.25, 0.3) is 5.91 Å². The van der Waals surface area contributed by atoms with Crippen molar-refractivity contribution in [3.63, 3.8) is 0 Å². The number of nitrogens with zero attached hydrogens (tertiary/aromatic N) is 3. The molecule has 4 aliphatic rings. The van der Waals surface area contributed by atoms with Crippen molar-refractivity contribution < 1.29 is 24.2 Å². The average molecular weight is 413 g/mol. The molecule has 1 aliphatic carbocycles. The number of imide groups is 1. The first-order chi connectivity index (χ1) is 14.4. The lowest BCUT2D eigenvalue weighted by atomic mass is 9.78. The van der Waals surface area contributed by atoms with E-state index in [1.807, 2.05) is 4.90 Å². The third-order valence-corrected chi connectivity index (χ3v) is 7.26. The number of methoxy groups -OCH3 is 1. The zero-order chi connectivity index (χ0) is 21.0. The predicted molar refractivity (Wildman–Crippen MR) is 106 cm³/mol. The number of fused-ring (bicyclic) bond motifs is 2. The summed E-state index contributed by atoms with van der Waals surface area (Å²) in [6.07, 6.45) is 3.37. The fourth-order valence-corrected chi connectivity index (χ4v) is 5.32. The Morgan fingerprint density at radius 3 is 2.50 bits per heavy atom. The van der Waals surface area contributed by atoms with Crippen LogP contribution < -0.4 is 0 Å². The summed E-state index contributed by atoms with van der Waals surface area (Å²) in [6.45, 7) is 1.81. The van der Waals surface area contributed by atoms with Crippen LogP contribution in [-0.4, -0.2) is 88.1 Å². The second-order valence-corrected chi connectivity index (χ2v) is 9.00. The highest BCUT2D eigenvalue weighted by Crippen LogP contribution is 2.43. The number of benzene rings is 1. The maximum Gasteiger partial charge on any atom is 0.337 e. The SMILES string of the molecule is COC(=O)c1ccc(CN2C(=O)C3CC(O)CN3C3(CN(C4CCC4)C3)C2=O)cc1. The van der Waals surface area contributed by atoms with E-state index >= 15 is 0 Å². The van der Waals surface area contributed by atoms with Crippen molar-refractivity contribution in [3.05, 3.63) is 35.4 Å². The van der Waals surface area contributed by atoms with Gasteiger partial charge in [-0.1, -0.05) is 18.6 Å². The molecule has 160 valence electrons. The Morgan fingerprint density at radius 2 is 1.90 bits per heavy atom. The molecule has 0 bridgehead atoms. The van der Waals surface area contributed by atoms with Crippen LogP contribution in [0.5, 0.6) is 0 Å². The van der Waals surface area contributed by atoms with Gasteiger partial charge in [-0.05, 0) is 37.0 Å². The molecule has 2 unspecified atom stereocenters. The van der Waals surface area contributed by atoms with Crippen LogP contribution in [0.4, 0.5) is 0 Å². The number of hydrogen-bond acceptors (Lipinski definition) is 7. The highest BCUT2D eigenvalue weighted by molar-refractivity contribution is 6.06. The molecule has 1 aromatic carbocycles. The van der Waals surface area contributed by atoms with Crippen LogP contribution in [0, 0.1) is 0 Å². The van der Waals surface area contributed by atoms with Crippen molar-refractivity contribution in [2.75, 3.05) is 26.7 Å². The molecule has 2 amide bonds. The van der Waals surface area contributed by atoms with Gasteiger partial charge in [0.1, 0.15) is 5.54 Å². The number of β-amino-alcohol motifs (C(OH)–C–C–N with tert-alkyl or cyclic N) is 1. The minimum atomic E-state index is -0.711. The van der Waals surface area contributed by atoms with E-state index in [4.69, 9.17) is 4.74 Å². The molecular weight excluding hydrogens is 386 g/mol. The molecule has 3 aliphatic heterocycles. The third-order valence-electron chi connectivity index (χ3n) is 7.26. The first-order valence-electron chi connectivity index (χ1n) is 10.6. The van der Waals surface area contributed by atoms with E-state index in [0.717, 1.165) is 5.56 Å². The Kier molecular flexibility index (Phi) is 4.68. The van der Waals surface area contributed by atoms with E-state index in [0.29, 0.717) is 37.7 Å². The highest BCUT2D eigenvalue weighted by atomic mass is 16.5. The summed E-state index contributed by atoms with van der Waals surface area (Å²) < 4.78 is 4.72. The normalized spacial score (nSPS) is 28.9. The topological polar surface area (TPSA) is 90.4 Å². The standard InChI is InChI=1S/C22H27N3O5/c1-30-20(28)15-7-5-14(6-8-15)10-24-19(27)18-9-17(26)11-25(18)22(21(24)29)12-23(13-22)16-3-2-4-16/h5-8,16-18,26H,2-4,9-13H2,1H3. The van der Waals surface area contributed by atoms with Crippen LogP contribution in [0.2, 0.25) is 0 Å². The molecule has 0 radical (unpaired) electrons. The molecule has 0 aromatic heterocycles. The molecule has 1 aromatic rings. The van der Waals surface area contributed by atoms with E-state index < -0.39 is 23.7 Å². The highest BCUT2D eigenvalue weighted by Gasteiger charge is 2.65. The number of rotatable bonds is 4. The van der Waals surface area contributed by atoms with Gasteiger partial charge in [-0.3, -0.25) is 24.3 Å². The fourth-order valence-electron chi connectivity index (χ4n) is 5.32. The summed E-state index contributed by atoms with van der Waals surface area (Å²) in [7, 11) is 1.33. The molecule has 3 saturated heterocycles. The van der Waals surface area contributed by atoms with Crippen LogP contribution in [0.3, 0.4) is 0 Å². The lowest BCUT2D eigenvalue weighted by Gasteiger charge is -2.61. The predicted octanol–water partition coefficient (Wildman–Crippen LogP) is 0.384. The van der Waals surface area contributed by atoms with Crippen LogP contribution in [0.1, 0.15) is 41.6 Å². The van der Waals surface area contributed by atoms with Gasteiger partial charge in [-0.15, -0.1) is 0 Å². The van der Waals surface area contributed by atoms with Crippen LogP contribution in [0.25, 0.3) is 0 Å². The number of esters is 1. The molecule has 8 nitrogen and oxygen atoms in total. The zero-order valence-corrected chi connectivity index (χ0v) is 17.1. The maximum absolute atomic E-state index is 13.6. The summed E-state index contributed by atoms with van der Waals surface area (Å²) in [5.74, 6) is -0.821. The Morgan fingerprint density at radius 1 is 1.20 bits per heavy atom. The fraction of sp³-hybridized carbons (Fsp3) is 0.591. The van der Waals surface area contributed by atoms with Gasteiger partial charge in [0, 0.05) is 25.7 Å². The van der Waals surface area contributed by atoms with Crippen molar-refractivity contribution in [2.45, 2.75) is 56.0 Å². The molecule has 30 heavy (non-hydrogen) atoms. The Bertz CT molecular complexity index is 875. The van der Waals surface area contributed by atoms with Gasteiger partial charge >= 0.3 is 5.97 Å². The van der Waals surface area contributed by atoms with E-state index in [-0.39, 0.29) is 18.4 Å². The van der Waals surface area contributed by atoms with E-state index in [1.165, 1.54) is 31.3 Å². The number of ether oxygens (including phenoxy) is 1. The summed E-state index contributed by atoms with van der Waals surface area (Å²) in [5.41, 5.74) is 0.494. The third kappa shape index (κ3) is 2.89. The number of carbonyl (C=O) groups excluding carboxylic acids is 3. The Hall–Kier alpha value is -2.29. The summed E-state index contributed by atoms with van der Waals surface area (Å²) in [4.78, 5) is 44.1. The van der Waals surface area contributed by atoms with Crippen LogP contribution in [-0.2, 0) is 20.9 Å². The average Bonchev–Trinajstić information content (AvgIpc) is 3.07. The largest absolute Gasteiger partial charge is 0.465 e. The van der Waals surface area contributed by atoms with E-state index in [1.54, 1.807) is 24.3 Å². The minimum absolute atomic E-state index is 0.162. The number of aliphatic hydroxyl groups excluding tert-OH is 1. The van der Waals surface area contributed by atoms with E-state index in [9.17, 15) is 19.5 Å². The Balaban J connectivity index is 1.39. The molecule has 1 spiro atoms. The minimum Gasteiger partial charge on any atom is -0.465 e. The van der Waals surface area contributed by atoms with Crippen molar-refractivity contribution in [3.8, 4) is 0 Å². The smallest absolute Gasteiger partial charge is 0.337 e. The van der Waals surface area contributed by atoms with Crippen molar-refractivity contribution in [1.29, 1.82) is 0 Å². The van der Waals surface area contributed by atoms with Crippen LogP contribution >= 0.6 is 0 Å². The molecule has 3 heterocycles. The number of piperazine rings is 1. The number of aliphatic hydroxyl groups is 1. The molecule has 5 rings (SSSR count). The summed E-state index contributed by atoms with van der Waals surface area (Å²) in [5, 5.41) is 10.2. The lowest BCUT2D eigenvalue weighted by Crippen LogP contribution is -2.82. The van der Waals surface area contributed by atoms with E-state index in [2.05, 4.69) is 4.90 Å². The van der Waals surface area contributed by atoms with Crippen molar-refractivity contribution in [1.82, 2.24) is 14.7 Å². The number of amides is 2. The summed E-state index contributed by atoms with van der Waals surface area (Å²) in [6, 6.07) is 6.88. The molecule has 4 fully saturated rings. The second kappa shape index (κ2) is 7.14. The molecule has 2 atom stereocenters. The van der Waals surface area contributed by atoms with Gasteiger partial charge < -0.3 is 9.84 Å². The quantitative estimate of drug-likeness (QED) is 0.564. The van der Waals surface area contributed by atoms with Crippen molar-refractivity contribution in [2.24, 2.45) is 0 Å². The number of likely N-dealkylation sites (tertiary alicyclic amines) is 1. The Labute approximate surface area is 175 Å². The molecular formula is C22H27N3O5. The van der Waals surface area contributed by atoms with Crippen LogP contribution in [0.15, 0.2) is 24.3 Å². The monoisotopic (exact) mass is 413 g/mol. The first-order valence-corrected chi connectivity index (χ1v) is 10.6. The van der Waals surface area contributed by atoms with Gasteiger partial charge in [-0.2, -0.15) is 0 Å². The van der Waals surface area contributed by atoms with Crippen molar-refractivity contribution >= 4 is 17.8 Å².